The molecule has 0 atom stereocenters. The monoisotopic (exact) mass is 758 g/mol. The molecule has 0 N–H and O–H groups in total. The van der Waals surface area contributed by atoms with Crippen molar-refractivity contribution in [1.82, 2.24) is 0 Å². The smallest absolute Gasteiger partial charge is 0.136 e. The number of furan rings is 3. The van der Waals surface area contributed by atoms with Crippen LogP contribution in [0.15, 0.2) is 195 Å². The van der Waals surface area contributed by atoms with E-state index in [1.807, 2.05) is 11.3 Å². The van der Waals surface area contributed by atoms with Crippen LogP contribution in [0, 0.1) is 0 Å². The van der Waals surface area contributed by atoms with E-state index in [9.17, 15) is 0 Å². The van der Waals surface area contributed by atoms with Gasteiger partial charge in [0.25, 0.3) is 0 Å². The maximum atomic E-state index is 6.50. The van der Waals surface area contributed by atoms with E-state index >= 15 is 0 Å². The molecule has 0 saturated heterocycles. The van der Waals surface area contributed by atoms with Gasteiger partial charge in [0.15, 0.2) is 0 Å². The SMILES string of the molecule is c1ccc(-c2ccc3oc4ccc(-c5ccc6oc7cc8sc9ccc(-c%10ccc%11oc%12ccc(-c%13ccccc%13)cc%12c%11c%10)cc9c8cc7c6c5)cc4c3c2)cc1. The zero-order valence-electron chi connectivity index (χ0n) is 31.0. The van der Waals surface area contributed by atoms with Crippen molar-refractivity contribution in [1.29, 1.82) is 0 Å². The number of hydrogen-bond donors (Lipinski definition) is 0. The number of benzene rings is 9. The summed E-state index contributed by atoms with van der Waals surface area (Å²) >= 11 is 1.81. The van der Waals surface area contributed by atoms with Gasteiger partial charge in [-0.25, -0.2) is 0 Å². The van der Waals surface area contributed by atoms with E-state index < -0.39 is 0 Å². The summed E-state index contributed by atoms with van der Waals surface area (Å²) in [6.45, 7) is 0. The minimum Gasteiger partial charge on any atom is -0.456 e. The second-order valence-electron chi connectivity index (χ2n) is 15.3. The van der Waals surface area contributed by atoms with Gasteiger partial charge in [-0.15, -0.1) is 11.3 Å². The highest BCUT2D eigenvalue weighted by atomic mass is 32.1. The van der Waals surface area contributed by atoms with Crippen LogP contribution in [-0.2, 0) is 0 Å². The first kappa shape index (κ1) is 31.8. The quantitative estimate of drug-likeness (QED) is 0.179. The molecule has 9 aromatic carbocycles. The van der Waals surface area contributed by atoms with E-state index in [-0.39, 0.29) is 0 Å². The van der Waals surface area contributed by atoms with Gasteiger partial charge in [-0.05, 0) is 129 Å². The first-order valence-electron chi connectivity index (χ1n) is 19.5. The Morgan fingerprint density at radius 3 is 0.983 bits per heavy atom. The van der Waals surface area contributed by atoms with Crippen LogP contribution in [-0.4, -0.2) is 0 Å². The van der Waals surface area contributed by atoms with E-state index in [1.165, 1.54) is 53.6 Å². The second-order valence-corrected chi connectivity index (χ2v) is 16.3. The topological polar surface area (TPSA) is 39.4 Å². The van der Waals surface area contributed by atoms with Gasteiger partial charge in [0, 0.05) is 52.5 Å². The Hall–Kier alpha value is -7.40. The van der Waals surface area contributed by atoms with Gasteiger partial charge in [0.1, 0.15) is 33.5 Å². The fourth-order valence-electron chi connectivity index (χ4n) is 8.94. The summed E-state index contributed by atoms with van der Waals surface area (Å²) in [7, 11) is 0. The molecule has 13 rings (SSSR count). The predicted octanol–water partition coefficient (Wildman–Crippen LogP) is 16.4. The maximum absolute atomic E-state index is 6.50. The van der Waals surface area contributed by atoms with Gasteiger partial charge < -0.3 is 13.3 Å². The average Bonchev–Trinajstić information content (AvgIpc) is 4.04. The third kappa shape index (κ3) is 4.86. The number of fused-ring (bicyclic) bond motifs is 12. The minimum atomic E-state index is 0.889. The van der Waals surface area contributed by atoms with Crippen molar-refractivity contribution in [2.24, 2.45) is 0 Å². The van der Waals surface area contributed by atoms with Crippen molar-refractivity contribution in [3.8, 4) is 44.5 Å². The first-order chi connectivity index (χ1) is 28.7. The van der Waals surface area contributed by atoms with Crippen molar-refractivity contribution in [3.63, 3.8) is 0 Å². The highest BCUT2D eigenvalue weighted by molar-refractivity contribution is 7.25. The van der Waals surface area contributed by atoms with Crippen molar-refractivity contribution >= 4 is 97.3 Å². The molecule has 13 aromatic rings. The molecule has 0 aliphatic carbocycles. The maximum Gasteiger partial charge on any atom is 0.136 e. The zero-order chi connectivity index (χ0) is 37.9. The fraction of sp³-hybridized carbons (Fsp3) is 0. The van der Waals surface area contributed by atoms with Crippen LogP contribution in [0.1, 0.15) is 0 Å². The molecule has 0 fully saturated rings. The lowest BCUT2D eigenvalue weighted by Gasteiger charge is -2.04. The van der Waals surface area contributed by atoms with Crippen LogP contribution in [0.3, 0.4) is 0 Å². The predicted molar refractivity (Wildman–Crippen MR) is 243 cm³/mol. The molecule has 0 spiro atoms. The van der Waals surface area contributed by atoms with Crippen molar-refractivity contribution in [2.75, 3.05) is 0 Å². The fourth-order valence-corrected chi connectivity index (χ4v) is 10.0. The van der Waals surface area contributed by atoms with E-state index in [1.54, 1.807) is 0 Å². The highest BCUT2D eigenvalue weighted by Gasteiger charge is 2.17. The standard InChI is InChI=1S/C54H30O3S/c1-3-7-31(8-4-1)33-11-17-47-39(23-33)41-25-35(13-19-49(41)55-47)36-15-21-51-43(27-36)44-29-46-45-28-38(16-22-53(45)58-54(46)30-52(44)57-51)37-14-20-50-42(26-37)40-24-34(12-18-48(40)56-50)32-9-5-2-6-10-32/h1-30H. The van der Waals surface area contributed by atoms with Gasteiger partial charge in [-0.3, -0.25) is 0 Å². The Labute approximate surface area is 335 Å². The highest BCUT2D eigenvalue weighted by Crippen LogP contribution is 2.43. The van der Waals surface area contributed by atoms with Crippen LogP contribution >= 0.6 is 11.3 Å². The van der Waals surface area contributed by atoms with Crippen molar-refractivity contribution in [2.45, 2.75) is 0 Å². The molecule has 0 aliphatic rings. The number of thiophene rings is 1. The zero-order valence-corrected chi connectivity index (χ0v) is 31.8. The Bertz CT molecular complexity index is 3540. The van der Waals surface area contributed by atoms with Crippen molar-refractivity contribution < 1.29 is 13.3 Å². The third-order valence-corrected chi connectivity index (χ3v) is 13.0. The molecule has 4 heterocycles. The Morgan fingerprint density at radius 2 is 0.552 bits per heavy atom. The molecule has 0 unspecified atom stereocenters. The Morgan fingerprint density at radius 1 is 0.224 bits per heavy atom. The molecule has 0 radical (unpaired) electrons. The van der Waals surface area contributed by atoms with E-state index in [2.05, 4.69) is 182 Å². The van der Waals surface area contributed by atoms with Crippen LogP contribution in [0.4, 0.5) is 0 Å². The van der Waals surface area contributed by atoms with E-state index in [0.717, 1.165) is 76.9 Å². The van der Waals surface area contributed by atoms with Gasteiger partial charge in [-0.1, -0.05) is 97.1 Å². The van der Waals surface area contributed by atoms with E-state index in [4.69, 9.17) is 13.3 Å². The summed E-state index contributed by atoms with van der Waals surface area (Å²) in [6, 6.07) is 65.0. The lowest BCUT2D eigenvalue weighted by molar-refractivity contribution is 0.668. The minimum absolute atomic E-state index is 0.889. The van der Waals surface area contributed by atoms with Gasteiger partial charge in [0.05, 0.1) is 0 Å². The third-order valence-electron chi connectivity index (χ3n) is 11.9. The summed E-state index contributed by atoms with van der Waals surface area (Å²) < 4.78 is 21.6. The molecule has 0 amide bonds. The summed E-state index contributed by atoms with van der Waals surface area (Å²) in [5, 5.41) is 9.21. The summed E-state index contributed by atoms with van der Waals surface area (Å²) in [4.78, 5) is 0. The summed E-state index contributed by atoms with van der Waals surface area (Å²) in [5.41, 5.74) is 14.8. The molecular weight excluding hydrogens is 729 g/mol. The average molecular weight is 759 g/mol. The molecule has 4 aromatic heterocycles. The van der Waals surface area contributed by atoms with Gasteiger partial charge >= 0.3 is 0 Å². The summed E-state index contributed by atoms with van der Waals surface area (Å²) in [5.74, 6) is 0. The van der Waals surface area contributed by atoms with E-state index in [0.29, 0.717) is 0 Å². The molecule has 0 bridgehead atoms. The lowest BCUT2D eigenvalue weighted by atomic mass is 9.98. The Kier molecular flexibility index (Phi) is 6.60. The second kappa shape index (κ2) is 12.1. The Balaban J connectivity index is 0.912. The van der Waals surface area contributed by atoms with Crippen LogP contribution in [0.5, 0.6) is 0 Å². The van der Waals surface area contributed by atoms with Gasteiger partial charge in [0.2, 0.25) is 0 Å². The van der Waals surface area contributed by atoms with Gasteiger partial charge in [-0.2, -0.15) is 0 Å². The first-order valence-corrected chi connectivity index (χ1v) is 20.4. The molecular formula is C54H30O3S. The molecule has 3 nitrogen and oxygen atoms in total. The number of rotatable bonds is 4. The lowest BCUT2D eigenvalue weighted by Crippen LogP contribution is -1.79. The van der Waals surface area contributed by atoms with Crippen LogP contribution in [0.2, 0.25) is 0 Å². The summed E-state index contributed by atoms with van der Waals surface area (Å²) in [6.07, 6.45) is 0. The molecule has 270 valence electrons. The van der Waals surface area contributed by atoms with Crippen molar-refractivity contribution in [3.05, 3.63) is 182 Å². The molecule has 0 saturated carbocycles. The molecule has 4 heteroatoms. The molecule has 0 aliphatic heterocycles. The van der Waals surface area contributed by atoms with Crippen LogP contribution in [0.25, 0.3) is 130 Å². The number of hydrogen-bond acceptors (Lipinski definition) is 4. The normalized spacial score (nSPS) is 12.1. The largest absolute Gasteiger partial charge is 0.456 e. The van der Waals surface area contributed by atoms with Crippen LogP contribution < -0.4 is 0 Å². The molecule has 58 heavy (non-hydrogen) atoms.